The molecule has 5 heteroatoms. The van der Waals surface area contributed by atoms with Gasteiger partial charge in [-0.15, -0.1) is 0 Å². The topological polar surface area (TPSA) is 29.9 Å². The number of aromatic nitrogens is 2. The van der Waals surface area contributed by atoms with Gasteiger partial charge < -0.3 is 5.32 Å². The zero-order chi connectivity index (χ0) is 13.9. The molecular weight excluding hydrogens is 260 g/mol. The molecule has 0 aliphatic carbocycles. The van der Waals surface area contributed by atoms with Crippen molar-refractivity contribution >= 4 is 16.5 Å². The molecule has 0 unspecified atom stereocenters. The maximum absolute atomic E-state index is 12.7. The van der Waals surface area contributed by atoms with Gasteiger partial charge in [-0.2, -0.15) is 8.78 Å². The number of hydrogen-bond donors (Lipinski definition) is 1. The van der Waals surface area contributed by atoms with Crippen molar-refractivity contribution in [2.24, 2.45) is 0 Å². The second kappa shape index (κ2) is 5.28. The Hall–Kier alpha value is -2.43. The van der Waals surface area contributed by atoms with E-state index in [1.165, 1.54) is 12.4 Å². The number of benzene rings is 2. The standard InChI is InChI=1S/C15H13F2N3/c16-15(17)20-8-7-18-14(20)10-19-13-6-5-11-3-1-2-4-12(11)9-13/h1-9,15,19H,10H2. The molecule has 0 aliphatic rings. The Bertz CT molecular complexity index is 722. The molecule has 1 aromatic heterocycles. The van der Waals surface area contributed by atoms with Gasteiger partial charge in [-0.25, -0.2) is 4.98 Å². The highest BCUT2D eigenvalue weighted by Gasteiger charge is 2.10. The van der Waals surface area contributed by atoms with Crippen molar-refractivity contribution in [1.82, 2.24) is 9.55 Å². The number of fused-ring (bicyclic) bond motifs is 1. The predicted molar refractivity (Wildman–Crippen MR) is 74.8 cm³/mol. The Morgan fingerprint density at radius 2 is 1.90 bits per heavy atom. The van der Waals surface area contributed by atoms with Crippen LogP contribution >= 0.6 is 0 Å². The quantitative estimate of drug-likeness (QED) is 0.777. The fourth-order valence-electron chi connectivity index (χ4n) is 2.14. The molecule has 0 fully saturated rings. The van der Waals surface area contributed by atoms with Gasteiger partial charge in [0.1, 0.15) is 5.82 Å². The Labute approximate surface area is 114 Å². The molecule has 0 radical (unpaired) electrons. The molecule has 2 aromatic carbocycles. The van der Waals surface area contributed by atoms with Crippen molar-refractivity contribution in [2.45, 2.75) is 13.1 Å². The third kappa shape index (κ3) is 2.47. The molecular formula is C15H13F2N3. The first-order valence-electron chi connectivity index (χ1n) is 6.26. The van der Waals surface area contributed by atoms with Crippen molar-refractivity contribution in [3.8, 4) is 0 Å². The molecule has 0 aliphatic heterocycles. The summed E-state index contributed by atoms with van der Waals surface area (Å²) in [5, 5.41) is 5.37. The van der Waals surface area contributed by atoms with Crippen molar-refractivity contribution < 1.29 is 8.78 Å². The fraction of sp³-hybridized carbons (Fsp3) is 0.133. The Morgan fingerprint density at radius 3 is 2.70 bits per heavy atom. The largest absolute Gasteiger partial charge is 0.378 e. The molecule has 0 atom stereocenters. The van der Waals surface area contributed by atoms with Gasteiger partial charge in [-0.1, -0.05) is 30.3 Å². The lowest BCUT2D eigenvalue weighted by Gasteiger charge is -2.09. The first-order chi connectivity index (χ1) is 9.74. The third-order valence-electron chi connectivity index (χ3n) is 3.16. The van der Waals surface area contributed by atoms with Crippen LogP contribution in [0.4, 0.5) is 14.5 Å². The van der Waals surface area contributed by atoms with Crippen LogP contribution in [0.5, 0.6) is 0 Å². The summed E-state index contributed by atoms with van der Waals surface area (Å²) in [6, 6.07) is 13.9. The van der Waals surface area contributed by atoms with E-state index in [1.807, 2.05) is 42.5 Å². The van der Waals surface area contributed by atoms with Crippen LogP contribution < -0.4 is 5.32 Å². The van der Waals surface area contributed by atoms with E-state index in [2.05, 4.69) is 10.3 Å². The lowest BCUT2D eigenvalue weighted by Crippen LogP contribution is -2.08. The molecule has 20 heavy (non-hydrogen) atoms. The number of nitrogens with one attached hydrogen (secondary N) is 1. The van der Waals surface area contributed by atoms with Crippen LogP contribution in [-0.4, -0.2) is 9.55 Å². The van der Waals surface area contributed by atoms with E-state index < -0.39 is 6.55 Å². The molecule has 0 amide bonds. The van der Waals surface area contributed by atoms with Crippen LogP contribution in [0.25, 0.3) is 10.8 Å². The summed E-state index contributed by atoms with van der Waals surface area (Å²) >= 11 is 0. The number of nitrogens with zero attached hydrogens (tertiary/aromatic N) is 2. The third-order valence-corrected chi connectivity index (χ3v) is 3.16. The molecule has 3 aromatic rings. The van der Waals surface area contributed by atoms with Crippen LogP contribution in [0.1, 0.15) is 12.4 Å². The molecule has 1 N–H and O–H groups in total. The summed E-state index contributed by atoms with van der Waals surface area (Å²) in [6.07, 6.45) is 2.66. The van der Waals surface area contributed by atoms with Gasteiger partial charge in [0.2, 0.25) is 0 Å². The number of hydrogen-bond acceptors (Lipinski definition) is 2. The summed E-state index contributed by atoms with van der Waals surface area (Å²) in [7, 11) is 0. The maximum Gasteiger partial charge on any atom is 0.319 e. The van der Waals surface area contributed by atoms with Gasteiger partial charge >= 0.3 is 6.55 Å². The molecule has 0 saturated carbocycles. The lowest BCUT2D eigenvalue weighted by atomic mass is 10.1. The minimum absolute atomic E-state index is 0.260. The normalized spacial score (nSPS) is 11.2. The van der Waals surface area contributed by atoms with E-state index in [-0.39, 0.29) is 6.54 Å². The first-order valence-corrected chi connectivity index (χ1v) is 6.26. The van der Waals surface area contributed by atoms with Crippen LogP contribution in [0.2, 0.25) is 0 Å². The lowest BCUT2D eigenvalue weighted by molar-refractivity contribution is 0.0673. The van der Waals surface area contributed by atoms with Gasteiger partial charge in [-0.05, 0) is 22.9 Å². The Morgan fingerprint density at radius 1 is 1.10 bits per heavy atom. The molecule has 3 rings (SSSR count). The van der Waals surface area contributed by atoms with Gasteiger partial charge in [0, 0.05) is 18.1 Å². The van der Waals surface area contributed by atoms with Crippen LogP contribution in [0, 0.1) is 0 Å². The highest BCUT2D eigenvalue weighted by atomic mass is 19.3. The van der Waals surface area contributed by atoms with Gasteiger partial charge in [0.05, 0.1) is 6.54 Å². The molecule has 0 bridgehead atoms. The summed E-state index contributed by atoms with van der Waals surface area (Å²) in [4.78, 5) is 3.94. The average Bonchev–Trinajstić information content (AvgIpc) is 2.93. The summed E-state index contributed by atoms with van der Waals surface area (Å²) < 4.78 is 26.2. The monoisotopic (exact) mass is 273 g/mol. The molecule has 0 saturated heterocycles. The fourth-order valence-corrected chi connectivity index (χ4v) is 2.14. The minimum Gasteiger partial charge on any atom is -0.378 e. The molecule has 102 valence electrons. The van der Waals surface area contributed by atoms with Crippen molar-refractivity contribution in [1.29, 1.82) is 0 Å². The van der Waals surface area contributed by atoms with Gasteiger partial charge in [0.25, 0.3) is 0 Å². The highest BCUT2D eigenvalue weighted by Crippen LogP contribution is 2.20. The van der Waals surface area contributed by atoms with Crippen molar-refractivity contribution in [3.63, 3.8) is 0 Å². The van der Waals surface area contributed by atoms with E-state index in [9.17, 15) is 8.78 Å². The zero-order valence-electron chi connectivity index (χ0n) is 10.6. The molecule has 3 nitrogen and oxygen atoms in total. The van der Waals surface area contributed by atoms with Crippen LogP contribution in [0.15, 0.2) is 54.9 Å². The summed E-state index contributed by atoms with van der Waals surface area (Å²) in [5.74, 6) is 0.313. The minimum atomic E-state index is -2.56. The summed E-state index contributed by atoms with van der Waals surface area (Å²) in [6.45, 7) is -2.30. The average molecular weight is 273 g/mol. The van der Waals surface area contributed by atoms with Gasteiger partial charge in [-0.3, -0.25) is 4.57 Å². The number of alkyl halides is 2. The molecule has 1 heterocycles. The van der Waals surface area contributed by atoms with Crippen LogP contribution in [-0.2, 0) is 6.54 Å². The Kier molecular flexibility index (Phi) is 3.33. The maximum atomic E-state index is 12.7. The van der Waals surface area contributed by atoms with E-state index in [0.717, 1.165) is 21.0 Å². The van der Waals surface area contributed by atoms with Gasteiger partial charge in [0.15, 0.2) is 0 Å². The first kappa shape index (κ1) is 12.6. The Balaban J connectivity index is 1.78. The molecule has 0 spiro atoms. The SMILES string of the molecule is FC(F)n1ccnc1CNc1ccc2ccccc2c1. The predicted octanol–water partition coefficient (Wildman–Crippen LogP) is 4.04. The van der Waals surface area contributed by atoms with Crippen molar-refractivity contribution in [3.05, 3.63) is 60.7 Å². The highest BCUT2D eigenvalue weighted by molar-refractivity contribution is 5.85. The van der Waals surface area contributed by atoms with Crippen LogP contribution in [0.3, 0.4) is 0 Å². The number of rotatable bonds is 4. The smallest absolute Gasteiger partial charge is 0.319 e. The van der Waals surface area contributed by atoms with Crippen molar-refractivity contribution in [2.75, 3.05) is 5.32 Å². The van der Waals surface area contributed by atoms with E-state index in [1.54, 1.807) is 0 Å². The second-order valence-corrected chi connectivity index (χ2v) is 4.44. The summed E-state index contributed by atoms with van der Waals surface area (Å²) in [5.41, 5.74) is 0.882. The number of halogens is 2. The second-order valence-electron chi connectivity index (χ2n) is 4.44. The van der Waals surface area contributed by atoms with E-state index in [4.69, 9.17) is 0 Å². The van der Waals surface area contributed by atoms with E-state index in [0.29, 0.717) is 5.82 Å². The zero-order valence-corrected chi connectivity index (χ0v) is 10.6. The number of imidazole rings is 1. The number of anilines is 1. The van der Waals surface area contributed by atoms with E-state index >= 15 is 0 Å².